The predicted molar refractivity (Wildman–Crippen MR) is 93.5 cm³/mol. The zero-order chi connectivity index (χ0) is 17.3. The first-order valence-corrected chi connectivity index (χ1v) is 8.37. The van der Waals surface area contributed by atoms with E-state index in [9.17, 15) is 4.79 Å². The maximum Gasteiger partial charge on any atom is 0.407 e. The van der Waals surface area contributed by atoms with Gasteiger partial charge in [0.1, 0.15) is 5.60 Å². The van der Waals surface area contributed by atoms with Gasteiger partial charge in [-0.1, -0.05) is 45.0 Å². The zero-order valence-electron chi connectivity index (χ0n) is 15.2. The highest BCUT2D eigenvalue weighted by atomic mass is 16.6. The summed E-state index contributed by atoms with van der Waals surface area (Å²) in [7, 11) is 0. The van der Waals surface area contributed by atoms with E-state index < -0.39 is 5.60 Å². The third-order valence-corrected chi connectivity index (χ3v) is 3.88. The molecule has 4 nitrogen and oxygen atoms in total. The Kier molecular flexibility index (Phi) is 5.04. The zero-order valence-corrected chi connectivity index (χ0v) is 15.2. The quantitative estimate of drug-likeness (QED) is 0.889. The number of rotatable bonds is 4. The average molecular weight is 318 g/mol. The van der Waals surface area contributed by atoms with Gasteiger partial charge in [-0.05, 0) is 43.7 Å². The molecule has 4 heteroatoms. The van der Waals surface area contributed by atoms with Gasteiger partial charge < -0.3 is 15.4 Å². The second-order valence-electron chi connectivity index (χ2n) is 8.42. The Morgan fingerprint density at radius 2 is 1.70 bits per heavy atom. The van der Waals surface area contributed by atoms with Crippen LogP contribution in [0.2, 0.25) is 0 Å². The van der Waals surface area contributed by atoms with Crippen LogP contribution in [-0.4, -0.2) is 23.8 Å². The van der Waals surface area contributed by atoms with Gasteiger partial charge in [0, 0.05) is 18.6 Å². The molecule has 1 aromatic rings. The number of hydrogen-bond donors (Lipinski definition) is 2. The van der Waals surface area contributed by atoms with Gasteiger partial charge in [-0.3, -0.25) is 0 Å². The Morgan fingerprint density at radius 1 is 1.09 bits per heavy atom. The number of amides is 1. The number of hydrogen-bond acceptors (Lipinski definition) is 3. The van der Waals surface area contributed by atoms with Gasteiger partial charge in [0.05, 0.1) is 0 Å². The van der Waals surface area contributed by atoms with Gasteiger partial charge >= 0.3 is 6.09 Å². The highest BCUT2D eigenvalue weighted by molar-refractivity contribution is 5.68. The number of nitrogens with one attached hydrogen (secondary N) is 2. The van der Waals surface area contributed by atoms with E-state index in [1.54, 1.807) is 0 Å². The van der Waals surface area contributed by atoms with E-state index in [4.69, 9.17) is 4.74 Å². The molecule has 0 bridgehead atoms. The minimum atomic E-state index is -0.448. The summed E-state index contributed by atoms with van der Waals surface area (Å²) in [4.78, 5) is 11.7. The summed E-state index contributed by atoms with van der Waals surface area (Å²) < 4.78 is 5.27. The van der Waals surface area contributed by atoms with Gasteiger partial charge in [0.2, 0.25) is 0 Å². The van der Waals surface area contributed by atoms with E-state index in [0.29, 0.717) is 6.04 Å². The maximum atomic E-state index is 11.7. The van der Waals surface area contributed by atoms with Crippen molar-refractivity contribution in [2.24, 2.45) is 0 Å². The van der Waals surface area contributed by atoms with E-state index in [-0.39, 0.29) is 17.6 Å². The van der Waals surface area contributed by atoms with Crippen LogP contribution >= 0.6 is 0 Å². The summed E-state index contributed by atoms with van der Waals surface area (Å²) in [5.74, 6) is 0. The van der Waals surface area contributed by atoms with Crippen LogP contribution < -0.4 is 10.6 Å². The van der Waals surface area contributed by atoms with Crippen molar-refractivity contribution in [1.29, 1.82) is 0 Å². The fourth-order valence-electron chi connectivity index (χ4n) is 2.41. The molecular formula is C19H30N2O2. The molecule has 1 aliphatic carbocycles. The maximum absolute atomic E-state index is 11.7. The van der Waals surface area contributed by atoms with Crippen molar-refractivity contribution in [3.05, 3.63) is 35.4 Å². The largest absolute Gasteiger partial charge is 0.444 e. The number of carbonyl (C=O) groups is 1. The van der Waals surface area contributed by atoms with E-state index in [2.05, 4.69) is 55.7 Å². The molecule has 0 aliphatic heterocycles. The third-order valence-electron chi connectivity index (χ3n) is 3.88. The average Bonchev–Trinajstić information content (AvgIpc) is 3.11. The van der Waals surface area contributed by atoms with Crippen LogP contribution in [0, 0.1) is 0 Å². The van der Waals surface area contributed by atoms with Crippen LogP contribution in [-0.2, 0) is 16.7 Å². The van der Waals surface area contributed by atoms with Crippen molar-refractivity contribution in [3.63, 3.8) is 0 Å². The number of carbonyl (C=O) groups excluding carboxylic acids is 1. The third kappa shape index (κ3) is 5.87. The second-order valence-corrected chi connectivity index (χ2v) is 8.42. The lowest BCUT2D eigenvalue weighted by atomic mass is 9.87. The van der Waals surface area contributed by atoms with Crippen LogP contribution in [0.1, 0.15) is 59.1 Å². The van der Waals surface area contributed by atoms with Gasteiger partial charge in [0.15, 0.2) is 0 Å². The number of ether oxygens (including phenoxy) is 1. The Labute approximate surface area is 140 Å². The van der Waals surface area contributed by atoms with Crippen LogP contribution in [0.25, 0.3) is 0 Å². The molecule has 0 aromatic heterocycles. The second kappa shape index (κ2) is 6.52. The van der Waals surface area contributed by atoms with Gasteiger partial charge in [-0.2, -0.15) is 0 Å². The summed E-state index contributed by atoms with van der Waals surface area (Å²) in [6, 6.07) is 9.25. The van der Waals surface area contributed by atoms with Crippen molar-refractivity contribution in [1.82, 2.24) is 10.6 Å². The van der Waals surface area contributed by atoms with Crippen molar-refractivity contribution in [2.75, 3.05) is 0 Å². The standard InChI is InChI=1S/C19H30N2O2/c1-18(2,3)14-9-7-13(8-10-14)12-20-15-11-16(15)21-17(22)23-19(4,5)6/h7-10,15-16,20H,11-12H2,1-6H3,(H,21,22). The fourth-order valence-corrected chi connectivity index (χ4v) is 2.41. The van der Waals surface area contributed by atoms with Gasteiger partial charge in [-0.25, -0.2) is 4.79 Å². The van der Waals surface area contributed by atoms with Crippen LogP contribution in [0.3, 0.4) is 0 Å². The van der Waals surface area contributed by atoms with Crippen molar-refractivity contribution in [3.8, 4) is 0 Å². The van der Waals surface area contributed by atoms with Gasteiger partial charge in [-0.15, -0.1) is 0 Å². The molecule has 1 saturated carbocycles. The first kappa shape index (κ1) is 17.8. The van der Waals surface area contributed by atoms with Crippen molar-refractivity contribution in [2.45, 2.75) is 77.6 Å². The highest BCUT2D eigenvalue weighted by Crippen LogP contribution is 2.24. The lowest BCUT2D eigenvalue weighted by molar-refractivity contribution is 0.0522. The molecule has 0 radical (unpaired) electrons. The van der Waals surface area contributed by atoms with Gasteiger partial charge in [0.25, 0.3) is 0 Å². The smallest absolute Gasteiger partial charge is 0.407 e. The molecular weight excluding hydrogens is 288 g/mol. The molecule has 2 unspecified atom stereocenters. The molecule has 0 spiro atoms. The van der Waals surface area contributed by atoms with E-state index in [1.165, 1.54) is 11.1 Å². The Morgan fingerprint density at radius 3 is 2.22 bits per heavy atom. The van der Waals surface area contributed by atoms with Crippen LogP contribution in [0.4, 0.5) is 4.79 Å². The Hall–Kier alpha value is -1.55. The predicted octanol–water partition coefficient (Wildman–Crippen LogP) is 3.74. The summed E-state index contributed by atoms with van der Waals surface area (Å²) in [6.07, 6.45) is 0.626. The Balaban J connectivity index is 1.73. The summed E-state index contributed by atoms with van der Waals surface area (Å²) in [5.41, 5.74) is 2.35. The molecule has 1 fully saturated rings. The van der Waals surface area contributed by atoms with Crippen molar-refractivity contribution >= 4 is 6.09 Å². The summed E-state index contributed by atoms with van der Waals surface area (Å²) in [6.45, 7) is 13.1. The minimum absolute atomic E-state index is 0.179. The topological polar surface area (TPSA) is 50.4 Å². The van der Waals surface area contributed by atoms with E-state index in [1.807, 2.05) is 20.8 Å². The SMILES string of the molecule is CC(C)(C)OC(=O)NC1CC1NCc1ccc(C(C)(C)C)cc1. The normalized spacial score (nSPS) is 21.0. The molecule has 1 amide bonds. The fraction of sp³-hybridized carbons (Fsp3) is 0.632. The van der Waals surface area contributed by atoms with Crippen LogP contribution in [0.15, 0.2) is 24.3 Å². The van der Waals surface area contributed by atoms with E-state index >= 15 is 0 Å². The Bertz CT molecular complexity index is 538. The minimum Gasteiger partial charge on any atom is -0.444 e. The summed E-state index contributed by atoms with van der Waals surface area (Å²) >= 11 is 0. The van der Waals surface area contributed by atoms with Crippen LogP contribution in [0.5, 0.6) is 0 Å². The van der Waals surface area contributed by atoms with Crippen molar-refractivity contribution < 1.29 is 9.53 Å². The molecule has 1 aliphatic rings. The lowest BCUT2D eigenvalue weighted by Crippen LogP contribution is -2.36. The molecule has 23 heavy (non-hydrogen) atoms. The summed E-state index contributed by atoms with van der Waals surface area (Å²) in [5, 5.41) is 6.38. The van der Waals surface area contributed by atoms with E-state index in [0.717, 1.165) is 13.0 Å². The molecule has 2 atom stereocenters. The number of benzene rings is 1. The molecule has 2 rings (SSSR count). The molecule has 1 aromatic carbocycles. The lowest BCUT2D eigenvalue weighted by Gasteiger charge is -2.20. The number of alkyl carbamates (subject to hydrolysis) is 1. The first-order valence-electron chi connectivity index (χ1n) is 8.37. The molecule has 128 valence electrons. The monoisotopic (exact) mass is 318 g/mol. The molecule has 2 N–H and O–H groups in total. The highest BCUT2D eigenvalue weighted by Gasteiger charge is 2.38. The molecule has 0 heterocycles. The first-order chi connectivity index (χ1) is 10.5. The molecule has 0 saturated heterocycles.